The molecule has 5 heteroatoms. The number of rotatable bonds is 9. The van der Waals surface area contributed by atoms with E-state index in [-0.39, 0.29) is 25.0 Å². The number of hydrogen-bond acceptors (Lipinski definition) is 4. The number of nitrogens with one attached hydrogen (secondary N) is 1. The van der Waals surface area contributed by atoms with Crippen LogP contribution < -0.4 is 5.32 Å². The fourth-order valence-corrected chi connectivity index (χ4v) is 3.97. The summed E-state index contributed by atoms with van der Waals surface area (Å²) in [5, 5.41) is 12.3. The van der Waals surface area contributed by atoms with Gasteiger partial charge >= 0.3 is 6.09 Å². The number of amides is 1. The molecule has 1 aliphatic rings. The van der Waals surface area contributed by atoms with Crippen molar-refractivity contribution in [1.82, 2.24) is 5.32 Å². The van der Waals surface area contributed by atoms with E-state index in [0.717, 1.165) is 5.56 Å². The van der Waals surface area contributed by atoms with Crippen molar-refractivity contribution in [3.8, 4) is 11.1 Å². The highest BCUT2D eigenvalue weighted by atomic mass is 16.5. The first-order valence-corrected chi connectivity index (χ1v) is 10.6. The van der Waals surface area contributed by atoms with Crippen LogP contribution in [0.5, 0.6) is 0 Å². The molecular formula is C26H27NO4. The Hall–Kier alpha value is -3.15. The van der Waals surface area contributed by atoms with E-state index < -0.39 is 6.09 Å². The van der Waals surface area contributed by atoms with Crippen molar-refractivity contribution >= 4 is 6.09 Å². The molecule has 0 aliphatic heterocycles. The molecule has 0 unspecified atom stereocenters. The highest BCUT2D eigenvalue weighted by Crippen LogP contribution is 2.44. The van der Waals surface area contributed by atoms with Crippen molar-refractivity contribution in [3.63, 3.8) is 0 Å². The number of carbonyl (C=O) groups is 1. The lowest BCUT2D eigenvalue weighted by Crippen LogP contribution is -2.34. The largest absolute Gasteiger partial charge is 0.449 e. The number of hydrogen-bond donors (Lipinski definition) is 2. The van der Waals surface area contributed by atoms with Crippen molar-refractivity contribution in [3.05, 3.63) is 95.6 Å². The minimum atomic E-state index is -0.483. The first-order chi connectivity index (χ1) is 15.3. The predicted octanol–water partition coefficient (Wildman–Crippen LogP) is 4.35. The number of aliphatic hydroxyl groups excluding tert-OH is 1. The van der Waals surface area contributed by atoms with Gasteiger partial charge in [0.2, 0.25) is 0 Å². The van der Waals surface area contributed by atoms with Gasteiger partial charge in [0.25, 0.3) is 0 Å². The van der Waals surface area contributed by atoms with E-state index in [2.05, 4.69) is 29.6 Å². The highest BCUT2D eigenvalue weighted by Gasteiger charge is 2.29. The van der Waals surface area contributed by atoms with Gasteiger partial charge in [0.1, 0.15) is 6.61 Å². The van der Waals surface area contributed by atoms with E-state index in [1.807, 2.05) is 54.6 Å². The van der Waals surface area contributed by atoms with E-state index in [1.165, 1.54) is 22.3 Å². The van der Waals surface area contributed by atoms with Crippen molar-refractivity contribution in [2.45, 2.75) is 12.5 Å². The molecule has 1 amide bonds. The van der Waals surface area contributed by atoms with Crippen LogP contribution in [-0.4, -0.2) is 37.6 Å². The van der Waals surface area contributed by atoms with Gasteiger partial charge in [-0.15, -0.1) is 0 Å². The molecule has 0 aromatic heterocycles. The van der Waals surface area contributed by atoms with Crippen LogP contribution in [0.1, 0.15) is 22.6 Å². The highest BCUT2D eigenvalue weighted by molar-refractivity contribution is 5.79. The number of carbonyl (C=O) groups excluding carboxylic acids is 1. The summed E-state index contributed by atoms with van der Waals surface area (Å²) in [7, 11) is 0. The summed E-state index contributed by atoms with van der Waals surface area (Å²) >= 11 is 0. The molecule has 5 nitrogen and oxygen atoms in total. The van der Waals surface area contributed by atoms with Gasteiger partial charge < -0.3 is 19.9 Å². The maximum Gasteiger partial charge on any atom is 0.407 e. The SMILES string of the molecule is O=C(NC[C@@H](CO)COCc1ccccc1)OCC1c2ccccc2-c2ccccc21. The van der Waals surface area contributed by atoms with Gasteiger partial charge in [0.15, 0.2) is 0 Å². The van der Waals surface area contributed by atoms with Crippen molar-refractivity contribution in [2.24, 2.45) is 5.92 Å². The molecule has 0 spiro atoms. The molecule has 1 atom stereocenters. The fourth-order valence-electron chi connectivity index (χ4n) is 3.97. The minimum Gasteiger partial charge on any atom is -0.449 e. The Bertz CT molecular complexity index is 960. The first kappa shape index (κ1) is 21.1. The average Bonchev–Trinajstić information content (AvgIpc) is 3.14. The maximum absolute atomic E-state index is 12.3. The molecule has 1 aliphatic carbocycles. The van der Waals surface area contributed by atoms with Gasteiger partial charge in [-0.2, -0.15) is 0 Å². The van der Waals surface area contributed by atoms with Gasteiger partial charge in [0.05, 0.1) is 13.2 Å². The molecule has 4 rings (SSSR count). The molecule has 3 aromatic carbocycles. The summed E-state index contributed by atoms with van der Waals surface area (Å²) in [6, 6.07) is 26.3. The van der Waals surface area contributed by atoms with E-state index >= 15 is 0 Å². The Kier molecular flexibility index (Phi) is 6.97. The van der Waals surface area contributed by atoms with Crippen molar-refractivity contribution in [2.75, 3.05) is 26.4 Å². The second-order valence-corrected chi connectivity index (χ2v) is 7.76. The minimum absolute atomic E-state index is 0.0287. The summed E-state index contributed by atoms with van der Waals surface area (Å²) in [4.78, 5) is 12.3. The predicted molar refractivity (Wildman–Crippen MR) is 120 cm³/mol. The van der Waals surface area contributed by atoms with E-state index in [9.17, 15) is 9.90 Å². The summed E-state index contributed by atoms with van der Waals surface area (Å²) < 4.78 is 11.2. The molecule has 160 valence electrons. The molecule has 0 radical (unpaired) electrons. The molecule has 31 heavy (non-hydrogen) atoms. The Morgan fingerprint density at radius 3 is 2.16 bits per heavy atom. The summed E-state index contributed by atoms with van der Waals surface area (Å²) in [6.07, 6.45) is -0.483. The van der Waals surface area contributed by atoms with Crippen molar-refractivity contribution in [1.29, 1.82) is 0 Å². The molecule has 0 bridgehead atoms. The second kappa shape index (κ2) is 10.2. The summed E-state index contributed by atoms with van der Waals surface area (Å²) in [5.74, 6) is -0.162. The van der Waals surface area contributed by atoms with Crippen LogP contribution in [0.3, 0.4) is 0 Å². The van der Waals surface area contributed by atoms with Crippen LogP contribution >= 0.6 is 0 Å². The number of ether oxygens (including phenoxy) is 2. The van der Waals surface area contributed by atoms with Gasteiger partial charge in [-0.3, -0.25) is 0 Å². The van der Waals surface area contributed by atoms with E-state index in [0.29, 0.717) is 19.8 Å². The zero-order valence-corrected chi connectivity index (χ0v) is 17.4. The number of alkyl carbamates (subject to hydrolysis) is 1. The van der Waals surface area contributed by atoms with Crippen LogP contribution in [-0.2, 0) is 16.1 Å². The molecule has 0 saturated heterocycles. The summed E-state index contributed by atoms with van der Waals surface area (Å²) in [5.41, 5.74) is 5.83. The lowest BCUT2D eigenvalue weighted by molar-refractivity contribution is 0.0615. The van der Waals surface area contributed by atoms with Crippen LogP contribution in [0.2, 0.25) is 0 Å². The first-order valence-electron chi connectivity index (χ1n) is 10.6. The Morgan fingerprint density at radius 1 is 0.903 bits per heavy atom. The van der Waals surface area contributed by atoms with E-state index in [1.54, 1.807) is 0 Å². The monoisotopic (exact) mass is 417 g/mol. The van der Waals surface area contributed by atoms with Crippen LogP contribution in [0.4, 0.5) is 4.79 Å². The number of aliphatic hydroxyl groups is 1. The zero-order valence-electron chi connectivity index (χ0n) is 17.4. The molecule has 0 fully saturated rings. The van der Waals surface area contributed by atoms with Crippen LogP contribution in [0.15, 0.2) is 78.9 Å². The third-order valence-electron chi connectivity index (χ3n) is 5.60. The van der Waals surface area contributed by atoms with Gasteiger partial charge in [-0.05, 0) is 27.8 Å². The molecule has 0 saturated carbocycles. The summed E-state index contributed by atoms with van der Waals surface area (Å²) in [6.45, 7) is 1.33. The lowest BCUT2D eigenvalue weighted by atomic mass is 9.98. The third kappa shape index (κ3) is 5.13. The molecule has 3 aromatic rings. The van der Waals surface area contributed by atoms with Gasteiger partial charge in [0, 0.05) is 25.0 Å². The van der Waals surface area contributed by atoms with Crippen molar-refractivity contribution < 1.29 is 19.4 Å². The zero-order chi connectivity index (χ0) is 21.5. The molecule has 0 heterocycles. The van der Waals surface area contributed by atoms with Gasteiger partial charge in [-0.1, -0.05) is 78.9 Å². The normalized spacial score (nSPS) is 13.3. The maximum atomic E-state index is 12.3. The number of benzene rings is 3. The topological polar surface area (TPSA) is 67.8 Å². The van der Waals surface area contributed by atoms with Crippen LogP contribution in [0.25, 0.3) is 11.1 Å². The van der Waals surface area contributed by atoms with E-state index in [4.69, 9.17) is 9.47 Å². The Labute approximate surface area is 182 Å². The van der Waals surface area contributed by atoms with Crippen LogP contribution in [0, 0.1) is 5.92 Å². The second-order valence-electron chi connectivity index (χ2n) is 7.76. The standard InChI is InChI=1S/C26H27NO4/c28-15-20(17-30-16-19-8-2-1-3-9-19)14-27-26(29)31-18-25-23-12-6-4-10-21(23)22-11-5-7-13-24(22)25/h1-13,20,25,28H,14-18H2,(H,27,29)/t20-/m0/s1. The quantitative estimate of drug-likeness (QED) is 0.543. The lowest BCUT2D eigenvalue weighted by Gasteiger charge is -2.17. The fraction of sp³-hybridized carbons (Fsp3) is 0.269. The smallest absolute Gasteiger partial charge is 0.407 e. The molecule has 2 N–H and O–H groups in total. The Morgan fingerprint density at radius 2 is 1.52 bits per heavy atom. The Balaban J connectivity index is 1.25. The molecular weight excluding hydrogens is 390 g/mol. The van der Waals surface area contributed by atoms with Gasteiger partial charge in [-0.25, -0.2) is 4.79 Å². The average molecular weight is 418 g/mol. The number of fused-ring (bicyclic) bond motifs is 3. The third-order valence-corrected chi connectivity index (χ3v) is 5.60.